The minimum Gasteiger partial charge on any atom is -0.497 e. The number of hydrogen-bond donors (Lipinski definition) is 1. The molecule has 4 aromatic carbocycles. The molecule has 0 radical (unpaired) electrons. The second-order valence-electron chi connectivity index (χ2n) is 11.1. The molecule has 47 heavy (non-hydrogen) atoms. The van der Waals surface area contributed by atoms with Gasteiger partial charge >= 0.3 is 0 Å². The molecular weight excluding hydrogens is 637 g/mol. The highest BCUT2D eigenvalue weighted by Crippen LogP contribution is 2.43. The summed E-state index contributed by atoms with van der Waals surface area (Å²) in [6, 6.07) is 26.8. The van der Waals surface area contributed by atoms with Crippen LogP contribution in [0.5, 0.6) is 17.2 Å². The third-order valence-corrected chi connectivity index (χ3v) is 11.6. The molecule has 0 spiro atoms. The summed E-state index contributed by atoms with van der Waals surface area (Å²) in [5.74, 6) is 2.70. The van der Waals surface area contributed by atoms with E-state index in [-0.39, 0.29) is 4.90 Å². The van der Waals surface area contributed by atoms with E-state index in [1.165, 1.54) is 11.9 Å². The smallest absolute Gasteiger partial charge is 0.184 e. The zero-order valence-corrected chi connectivity index (χ0v) is 28.2. The minimum absolute atomic E-state index is 0.252. The van der Waals surface area contributed by atoms with Crippen LogP contribution in [0.15, 0.2) is 94.7 Å². The van der Waals surface area contributed by atoms with Gasteiger partial charge in [-0.05, 0) is 101 Å². The van der Waals surface area contributed by atoms with Gasteiger partial charge in [0.15, 0.2) is 15.7 Å². The summed E-state index contributed by atoms with van der Waals surface area (Å²) in [6.07, 6.45) is 0. The van der Waals surface area contributed by atoms with Crippen molar-refractivity contribution in [2.45, 2.75) is 35.1 Å². The number of methoxy groups -OCH3 is 3. The maximum atomic E-state index is 14.2. The fourth-order valence-electron chi connectivity index (χ4n) is 5.24. The average Bonchev–Trinajstić information content (AvgIpc) is 3.51. The van der Waals surface area contributed by atoms with Crippen molar-refractivity contribution in [2.24, 2.45) is 0 Å². The number of aromatic nitrogens is 4. The Morgan fingerprint density at radius 1 is 0.830 bits per heavy atom. The first-order valence-corrected chi connectivity index (χ1v) is 17.3. The fraction of sp³-hybridized carbons (Fsp3) is 0.265. The zero-order chi connectivity index (χ0) is 33.0. The van der Waals surface area contributed by atoms with Gasteiger partial charge in [-0.2, -0.15) is 0 Å². The van der Waals surface area contributed by atoms with Crippen LogP contribution in [0.2, 0.25) is 0 Å². The van der Waals surface area contributed by atoms with E-state index in [9.17, 15) is 8.42 Å². The number of aryl methyl sites for hydroxylation is 1. The molecule has 1 aliphatic heterocycles. The molecule has 1 fully saturated rings. The monoisotopic (exact) mass is 672 g/mol. The Labute approximate surface area is 278 Å². The number of tetrazole rings is 1. The van der Waals surface area contributed by atoms with Gasteiger partial charge in [0.25, 0.3) is 0 Å². The molecule has 1 aromatic heterocycles. The lowest BCUT2D eigenvalue weighted by atomic mass is 10.1. The zero-order valence-electron chi connectivity index (χ0n) is 26.6. The van der Waals surface area contributed by atoms with Crippen LogP contribution in [0.25, 0.3) is 11.4 Å². The molecule has 0 unspecified atom stereocenters. The lowest BCUT2D eigenvalue weighted by Crippen LogP contribution is -2.51. The lowest BCUT2D eigenvalue weighted by molar-refractivity contribution is 0.414. The number of nitrogens with zero attached hydrogens (tertiary/aromatic N) is 5. The summed E-state index contributed by atoms with van der Waals surface area (Å²) in [4.78, 5) is 0.814. The number of benzene rings is 4. The van der Waals surface area contributed by atoms with Crippen LogP contribution in [0.3, 0.4) is 0 Å². The molecular formula is C34H36N6O5S2. The largest absolute Gasteiger partial charge is 0.497 e. The Bertz CT molecular complexity index is 1930. The van der Waals surface area contributed by atoms with Crippen molar-refractivity contribution < 1.29 is 22.6 Å². The number of hydrogen-bond acceptors (Lipinski definition) is 11. The maximum absolute atomic E-state index is 14.2. The third kappa shape index (κ3) is 6.92. The van der Waals surface area contributed by atoms with Crippen LogP contribution in [0.4, 0.5) is 5.69 Å². The van der Waals surface area contributed by atoms with Gasteiger partial charge in [-0.25, -0.2) is 13.1 Å². The molecule has 6 rings (SSSR count). The molecule has 1 N–H and O–H groups in total. The molecule has 2 heterocycles. The van der Waals surface area contributed by atoms with E-state index in [2.05, 4.69) is 25.1 Å². The Morgan fingerprint density at radius 2 is 1.40 bits per heavy atom. The topological polar surface area (TPSA) is 121 Å². The van der Waals surface area contributed by atoms with E-state index in [1.807, 2.05) is 85.8 Å². The van der Waals surface area contributed by atoms with Gasteiger partial charge < -0.3 is 23.8 Å². The molecule has 0 bridgehead atoms. The van der Waals surface area contributed by atoms with Crippen molar-refractivity contribution in [1.82, 2.24) is 25.5 Å². The summed E-state index contributed by atoms with van der Waals surface area (Å²) in [7, 11) is 1.18. The summed E-state index contributed by atoms with van der Waals surface area (Å²) in [5, 5.41) is 15.4. The van der Waals surface area contributed by atoms with Crippen molar-refractivity contribution in [3.05, 3.63) is 102 Å². The van der Waals surface area contributed by atoms with E-state index in [1.54, 1.807) is 32.1 Å². The number of rotatable bonds is 13. The Hall–Kier alpha value is -4.59. The molecule has 11 nitrogen and oxygen atoms in total. The third-order valence-electron chi connectivity index (χ3n) is 8.11. The van der Waals surface area contributed by atoms with Crippen LogP contribution in [0, 0.1) is 6.92 Å². The first kappa shape index (κ1) is 32.4. The van der Waals surface area contributed by atoms with Gasteiger partial charge in [-0.1, -0.05) is 30.3 Å². The molecule has 244 valence electrons. The van der Waals surface area contributed by atoms with Crippen molar-refractivity contribution in [3.8, 4) is 28.6 Å². The first-order valence-electron chi connectivity index (χ1n) is 15.0. The summed E-state index contributed by atoms with van der Waals surface area (Å²) in [6.45, 7) is 3.61. The number of nitrogens with one attached hydrogen (secondary N) is 1. The van der Waals surface area contributed by atoms with Crippen LogP contribution in [-0.2, 0) is 22.9 Å². The molecule has 1 aliphatic rings. The van der Waals surface area contributed by atoms with Crippen molar-refractivity contribution >= 4 is 27.5 Å². The minimum atomic E-state index is -3.70. The van der Waals surface area contributed by atoms with Crippen LogP contribution >= 0.6 is 11.9 Å². The van der Waals surface area contributed by atoms with Gasteiger partial charge in [0.2, 0.25) is 0 Å². The molecule has 1 saturated heterocycles. The molecule has 5 aromatic rings. The van der Waals surface area contributed by atoms with Crippen molar-refractivity contribution in [2.75, 3.05) is 38.7 Å². The van der Waals surface area contributed by atoms with E-state index >= 15 is 0 Å². The Kier molecular flexibility index (Phi) is 9.66. The predicted molar refractivity (Wildman–Crippen MR) is 182 cm³/mol. The van der Waals surface area contributed by atoms with Crippen LogP contribution in [0.1, 0.15) is 16.7 Å². The van der Waals surface area contributed by atoms with Gasteiger partial charge in [0.1, 0.15) is 17.2 Å². The van der Waals surface area contributed by atoms with E-state index in [4.69, 9.17) is 14.2 Å². The number of sulfone groups is 1. The average molecular weight is 673 g/mol. The fourth-order valence-corrected chi connectivity index (χ4v) is 8.52. The summed E-state index contributed by atoms with van der Waals surface area (Å²) >= 11 is 1.36. The van der Waals surface area contributed by atoms with Gasteiger partial charge in [-0.3, -0.25) is 0 Å². The number of anilines is 1. The molecule has 0 saturated carbocycles. The van der Waals surface area contributed by atoms with Crippen LogP contribution < -0.4 is 23.8 Å². The lowest BCUT2D eigenvalue weighted by Gasteiger charge is -2.30. The van der Waals surface area contributed by atoms with Gasteiger partial charge in [0.05, 0.1) is 49.5 Å². The number of ether oxygens (including phenoxy) is 3. The standard InChI is InChI=1S/C34H36N6O5S2/c1-23-5-18-31(47(41,42)30-19-35-20-30)33(32(23)34-36-37-38-39(34)21-24-6-12-27(43-2)13-7-24)46-40(26-10-16-29(45-4)17-11-26)22-25-8-14-28(44-3)15-9-25/h5-18,30,35H,19-22H2,1-4H3. The predicted octanol–water partition coefficient (Wildman–Crippen LogP) is 5.18. The SMILES string of the molecule is COc1ccc(CN(Sc2c(S(=O)(=O)C3CNC3)ccc(C)c2-c2nnnn2Cc2ccc(OC)cc2)c2ccc(OC)cc2)cc1. The normalized spacial score (nSPS) is 13.2. The van der Waals surface area contributed by atoms with E-state index in [0.29, 0.717) is 42.5 Å². The molecule has 0 atom stereocenters. The second kappa shape index (κ2) is 14.0. The van der Waals surface area contributed by atoms with Crippen LogP contribution in [-0.4, -0.2) is 68.3 Å². The highest BCUT2D eigenvalue weighted by molar-refractivity contribution is 8.01. The summed E-state index contributed by atoms with van der Waals surface area (Å²) < 4.78 is 48.2. The Morgan fingerprint density at radius 3 is 1.96 bits per heavy atom. The van der Waals surface area contributed by atoms with Gasteiger partial charge in [0, 0.05) is 24.3 Å². The first-order chi connectivity index (χ1) is 22.8. The second-order valence-corrected chi connectivity index (χ2v) is 14.3. The van der Waals surface area contributed by atoms with E-state index < -0.39 is 15.1 Å². The maximum Gasteiger partial charge on any atom is 0.184 e. The van der Waals surface area contributed by atoms with Crippen molar-refractivity contribution in [1.29, 1.82) is 0 Å². The van der Waals surface area contributed by atoms with E-state index in [0.717, 1.165) is 39.6 Å². The summed E-state index contributed by atoms with van der Waals surface area (Å²) in [5.41, 5.74) is 4.36. The van der Waals surface area contributed by atoms with Crippen molar-refractivity contribution in [3.63, 3.8) is 0 Å². The highest BCUT2D eigenvalue weighted by atomic mass is 32.2. The molecule has 0 aliphatic carbocycles. The molecule has 13 heteroatoms. The molecule has 0 amide bonds. The quantitative estimate of drug-likeness (QED) is 0.167. The Balaban J connectivity index is 1.48. The van der Waals surface area contributed by atoms with Gasteiger partial charge in [-0.15, -0.1) is 5.10 Å². The highest BCUT2D eigenvalue weighted by Gasteiger charge is 2.36.